The fraction of sp³-hybridized carbons (Fsp3) is 0.100. The minimum atomic E-state index is -0.293. The fourth-order valence-electron chi connectivity index (χ4n) is 2.75. The van der Waals surface area contributed by atoms with Gasteiger partial charge in [-0.25, -0.2) is 4.98 Å². The highest BCUT2D eigenvalue weighted by Crippen LogP contribution is 2.24. The normalized spacial score (nSPS) is 11.0. The summed E-state index contributed by atoms with van der Waals surface area (Å²) in [5.74, 6) is 0.764. The number of H-pyrrole nitrogens is 1. The van der Waals surface area contributed by atoms with Crippen molar-refractivity contribution in [1.82, 2.24) is 9.97 Å². The van der Waals surface area contributed by atoms with Crippen molar-refractivity contribution < 1.29 is 9.21 Å². The zero-order valence-corrected chi connectivity index (χ0v) is 15.8. The summed E-state index contributed by atoms with van der Waals surface area (Å²) in [6.07, 6.45) is 0. The molecule has 2 aromatic carbocycles. The number of nitrogens with one attached hydrogen (secondary N) is 2. The van der Waals surface area contributed by atoms with Gasteiger partial charge in [0.1, 0.15) is 5.82 Å². The van der Waals surface area contributed by atoms with Crippen molar-refractivity contribution in [3.8, 4) is 11.4 Å². The number of hydrogen-bond donors (Lipinski definition) is 2. The van der Waals surface area contributed by atoms with E-state index in [1.54, 1.807) is 12.1 Å². The van der Waals surface area contributed by atoms with Gasteiger partial charge in [0.15, 0.2) is 10.4 Å². The molecule has 130 valence electrons. The molecule has 0 unspecified atom stereocenters. The number of rotatable bonds is 3. The summed E-state index contributed by atoms with van der Waals surface area (Å²) in [6, 6.07) is 15.0. The van der Waals surface area contributed by atoms with E-state index in [0.29, 0.717) is 10.4 Å². The maximum absolute atomic E-state index is 12.1. The quantitative estimate of drug-likeness (QED) is 0.472. The van der Waals surface area contributed by atoms with Crippen LogP contribution >= 0.6 is 15.9 Å². The number of furan rings is 1. The van der Waals surface area contributed by atoms with E-state index >= 15 is 0 Å². The summed E-state index contributed by atoms with van der Waals surface area (Å²) in [5.41, 5.74) is 6.06. The van der Waals surface area contributed by atoms with Crippen LogP contribution in [0.5, 0.6) is 0 Å². The molecule has 0 atom stereocenters. The predicted octanol–water partition coefficient (Wildman–Crippen LogP) is 5.45. The summed E-state index contributed by atoms with van der Waals surface area (Å²) >= 11 is 3.19. The van der Waals surface area contributed by atoms with Gasteiger partial charge >= 0.3 is 0 Å². The van der Waals surface area contributed by atoms with Gasteiger partial charge in [-0.1, -0.05) is 0 Å². The number of carbonyl (C=O) groups excluding carboxylic acids is 1. The average Bonchev–Trinajstić information content (AvgIpc) is 3.22. The molecule has 1 amide bonds. The predicted molar refractivity (Wildman–Crippen MR) is 105 cm³/mol. The van der Waals surface area contributed by atoms with E-state index in [2.05, 4.69) is 57.2 Å². The Morgan fingerprint density at radius 1 is 1.08 bits per heavy atom. The number of halogens is 1. The second-order valence-electron chi connectivity index (χ2n) is 6.17. The first-order valence-corrected chi connectivity index (χ1v) is 8.93. The highest BCUT2D eigenvalue weighted by molar-refractivity contribution is 9.10. The Bertz CT molecular complexity index is 1070. The van der Waals surface area contributed by atoms with Crippen LogP contribution in [-0.2, 0) is 0 Å². The van der Waals surface area contributed by atoms with Crippen molar-refractivity contribution >= 4 is 38.6 Å². The first-order chi connectivity index (χ1) is 12.5. The minimum absolute atomic E-state index is 0.254. The number of carbonyl (C=O) groups is 1. The topological polar surface area (TPSA) is 70.9 Å². The second kappa shape index (κ2) is 6.46. The molecule has 4 aromatic rings. The summed E-state index contributed by atoms with van der Waals surface area (Å²) in [5, 5.41) is 2.81. The third-order valence-corrected chi connectivity index (χ3v) is 4.74. The van der Waals surface area contributed by atoms with E-state index in [0.717, 1.165) is 22.4 Å². The number of aromatic amines is 1. The molecule has 5 nitrogen and oxygen atoms in total. The van der Waals surface area contributed by atoms with Gasteiger partial charge in [-0.2, -0.15) is 0 Å². The van der Waals surface area contributed by atoms with E-state index in [9.17, 15) is 4.79 Å². The van der Waals surface area contributed by atoms with Crippen molar-refractivity contribution in [2.24, 2.45) is 0 Å². The molecular formula is C20H16BrN3O2. The molecule has 6 heteroatoms. The molecule has 0 aliphatic carbocycles. The minimum Gasteiger partial charge on any atom is -0.444 e. The van der Waals surface area contributed by atoms with Gasteiger partial charge in [0, 0.05) is 11.3 Å². The number of amides is 1. The standard InChI is InChI=1S/C20H16BrN3O2/c1-11-9-15-16(10-12(11)2)24-19(23-15)13-3-5-14(6-4-13)22-20(25)17-7-8-18(21)26-17/h3-10H,1-2H3,(H,22,25)(H,23,24). The van der Waals surface area contributed by atoms with Crippen LogP contribution in [0.15, 0.2) is 57.6 Å². The van der Waals surface area contributed by atoms with Crippen molar-refractivity contribution in [3.05, 3.63) is 70.1 Å². The number of aryl methyl sites for hydroxylation is 2. The molecule has 0 fully saturated rings. The highest BCUT2D eigenvalue weighted by Gasteiger charge is 2.11. The summed E-state index contributed by atoms with van der Waals surface area (Å²) in [4.78, 5) is 20.1. The van der Waals surface area contributed by atoms with E-state index < -0.39 is 0 Å². The van der Waals surface area contributed by atoms with Gasteiger partial charge in [-0.15, -0.1) is 0 Å². The smallest absolute Gasteiger partial charge is 0.291 e. The molecule has 4 rings (SSSR count). The molecule has 0 bridgehead atoms. The SMILES string of the molecule is Cc1cc2nc(-c3ccc(NC(=O)c4ccc(Br)o4)cc3)[nH]c2cc1C. The lowest BCUT2D eigenvalue weighted by Crippen LogP contribution is -2.10. The number of hydrogen-bond acceptors (Lipinski definition) is 3. The molecule has 0 spiro atoms. The maximum Gasteiger partial charge on any atom is 0.291 e. The van der Waals surface area contributed by atoms with Crippen LogP contribution in [0.4, 0.5) is 5.69 Å². The van der Waals surface area contributed by atoms with Crippen LogP contribution in [-0.4, -0.2) is 15.9 Å². The first kappa shape index (κ1) is 16.6. The van der Waals surface area contributed by atoms with E-state index in [1.165, 1.54) is 11.1 Å². The zero-order chi connectivity index (χ0) is 18.3. The third kappa shape index (κ3) is 3.15. The number of anilines is 1. The number of nitrogens with zero attached hydrogens (tertiary/aromatic N) is 1. The van der Waals surface area contributed by atoms with Crippen LogP contribution < -0.4 is 5.32 Å². The third-order valence-electron chi connectivity index (χ3n) is 4.31. The molecule has 2 aromatic heterocycles. The Hall–Kier alpha value is -2.86. The molecule has 0 saturated carbocycles. The molecule has 2 heterocycles. The number of imidazole rings is 1. The molecule has 26 heavy (non-hydrogen) atoms. The summed E-state index contributed by atoms with van der Waals surface area (Å²) in [6.45, 7) is 4.17. The Balaban J connectivity index is 1.57. The van der Waals surface area contributed by atoms with Crippen molar-refractivity contribution in [2.75, 3.05) is 5.32 Å². The second-order valence-corrected chi connectivity index (χ2v) is 6.96. The number of benzene rings is 2. The lowest BCUT2D eigenvalue weighted by Gasteiger charge is -2.04. The van der Waals surface area contributed by atoms with Crippen LogP contribution in [0, 0.1) is 13.8 Å². The number of aromatic nitrogens is 2. The van der Waals surface area contributed by atoms with Gasteiger partial charge in [0.05, 0.1) is 11.0 Å². The largest absolute Gasteiger partial charge is 0.444 e. The Kier molecular flexibility index (Phi) is 4.12. The first-order valence-electron chi connectivity index (χ1n) is 8.14. The van der Waals surface area contributed by atoms with Crippen molar-refractivity contribution in [1.29, 1.82) is 0 Å². The van der Waals surface area contributed by atoms with Gasteiger partial charge in [0.25, 0.3) is 5.91 Å². The summed E-state index contributed by atoms with van der Waals surface area (Å²) < 4.78 is 5.77. The van der Waals surface area contributed by atoms with Gasteiger partial charge < -0.3 is 14.7 Å². The summed E-state index contributed by atoms with van der Waals surface area (Å²) in [7, 11) is 0. The Labute approximate surface area is 158 Å². The highest BCUT2D eigenvalue weighted by atomic mass is 79.9. The molecule has 0 aliphatic heterocycles. The van der Waals surface area contributed by atoms with Gasteiger partial charge in [0.2, 0.25) is 0 Å². The van der Waals surface area contributed by atoms with Crippen LogP contribution in [0.2, 0.25) is 0 Å². The Morgan fingerprint density at radius 2 is 1.81 bits per heavy atom. The molecule has 0 radical (unpaired) electrons. The number of fused-ring (bicyclic) bond motifs is 1. The monoisotopic (exact) mass is 409 g/mol. The lowest BCUT2D eigenvalue weighted by molar-refractivity contribution is 0.0995. The average molecular weight is 410 g/mol. The Morgan fingerprint density at radius 3 is 2.50 bits per heavy atom. The molecule has 0 aliphatic rings. The van der Waals surface area contributed by atoms with E-state index in [4.69, 9.17) is 4.42 Å². The van der Waals surface area contributed by atoms with Gasteiger partial charge in [-0.3, -0.25) is 4.79 Å². The van der Waals surface area contributed by atoms with Crippen LogP contribution in [0.3, 0.4) is 0 Å². The van der Waals surface area contributed by atoms with Crippen molar-refractivity contribution in [3.63, 3.8) is 0 Å². The molecule has 2 N–H and O–H groups in total. The van der Waals surface area contributed by atoms with Crippen molar-refractivity contribution in [2.45, 2.75) is 13.8 Å². The van der Waals surface area contributed by atoms with E-state index in [-0.39, 0.29) is 11.7 Å². The van der Waals surface area contributed by atoms with Crippen LogP contribution in [0.1, 0.15) is 21.7 Å². The lowest BCUT2D eigenvalue weighted by atomic mass is 10.1. The fourth-order valence-corrected chi connectivity index (χ4v) is 3.05. The molecular weight excluding hydrogens is 394 g/mol. The van der Waals surface area contributed by atoms with Gasteiger partial charge in [-0.05, 0) is 89.4 Å². The van der Waals surface area contributed by atoms with Crippen LogP contribution in [0.25, 0.3) is 22.4 Å². The maximum atomic E-state index is 12.1. The molecule has 0 saturated heterocycles. The van der Waals surface area contributed by atoms with E-state index in [1.807, 2.05) is 24.3 Å². The zero-order valence-electron chi connectivity index (χ0n) is 14.3.